The summed E-state index contributed by atoms with van der Waals surface area (Å²) in [5.74, 6) is 0.371. The smallest absolute Gasteiger partial charge is 0.402 e. The van der Waals surface area contributed by atoms with E-state index in [2.05, 4.69) is 21.1 Å². The summed E-state index contributed by atoms with van der Waals surface area (Å²) < 4.78 is 33.7. The molecule has 2 aromatic carbocycles. The van der Waals surface area contributed by atoms with Crippen LogP contribution in [0.5, 0.6) is 5.75 Å². The van der Waals surface area contributed by atoms with Gasteiger partial charge in [-0.05, 0) is 54.0 Å². The lowest BCUT2D eigenvalue weighted by Gasteiger charge is -2.23. The maximum absolute atomic E-state index is 13.1. The predicted molar refractivity (Wildman–Crippen MR) is 120 cm³/mol. The summed E-state index contributed by atoms with van der Waals surface area (Å²) in [5.41, 5.74) is 3.21. The van der Waals surface area contributed by atoms with Gasteiger partial charge in [-0.3, -0.25) is 4.79 Å². The van der Waals surface area contributed by atoms with Gasteiger partial charge in [0.1, 0.15) is 5.75 Å². The molecule has 10 heteroatoms. The van der Waals surface area contributed by atoms with Gasteiger partial charge in [0.25, 0.3) is 0 Å². The first-order chi connectivity index (χ1) is 15.8. The van der Waals surface area contributed by atoms with Gasteiger partial charge < -0.3 is 13.8 Å². The summed E-state index contributed by atoms with van der Waals surface area (Å²) in [6.45, 7) is 1.45. The average molecular weight is 474 g/mol. The Morgan fingerprint density at radius 1 is 1.06 bits per heavy atom. The van der Waals surface area contributed by atoms with Crippen molar-refractivity contribution >= 4 is 22.3 Å². The van der Waals surface area contributed by atoms with E-state index in [1.807, 2.05) is 36.4 Å². The first-order valence-electron chi connectivity index (χ1n) is 10.8. The van der Waals surface area contributed by atoms with E-state index in [4.69, 9.17) is 4.74 Å². The second-order valence-corrected chi connectivity index (χ2v) is 9.52. The molecule has 4 rings (SSSR count). The lowest BCUT2D eigenvalue weighted by atomic mass is 10.0. The van der Waals surface area contributed by atoms with Crippen LogP contribution in [0.2, 0.25) is 0 Å². The first kappa shape index (κ1) is 23.1. The van der Waals surface area contributed by atoms with Crippen molar-refractivity contribution < 1.29 is 26.9 Å². The molecule has 1 aliphatic heterocycles. The topological polar surface area (TPSA) is 105 Å². The Kier molecular flexibility index (Phi) is 6.57. The molecule has 176 valence electrons. The Morgan fingerprint density at radius 3 is 2.27 bits per heavy atom. The third-order valence-corrected chi connectivity index (χ3v) is 6.73. The number of hydrogen-bond donors (Lipinski definition) is 1. The highest BCUT2D eigenvalue weighted by Crippen LogP contribution is 2.40. The van der Waals surface area contributed by atoms with Gasteiger partial charge in [0.2, 0.25) is 0 Å². The van der Waals surface area contributed by atoms with Crippen LogP contribution in [-0.2, 0) is 25.7 Å². The minimum absolute atomic E-state index is 0.0880. The quantitative estimate of drug-likeness (QED) is 0.600. The third kappa shape index (κ3) is 5.63. The summed E-state index contributed by atoms with van der Waals surface area (Å²) >= 11 is 0. The van der Waals surface area contributed by atoms with Crippen molar-refractivity contribution in [2.45, 2.75) is 38.1 Å². The normalized spacial score (nSPS) is 18.5. The van der Waals surface area contributed by atoms with Crippen molar-refractivity contribution in [2.24, 2.45) is 0 Å². The summed E-state index contributed by atoms with van der Waals surface area (Å²) in [5, 5.41) is 0.978. The number of ether oxygens (including phenoxy) is 1. The molecular formula is C23H27N3O6S. The van der Waals surface area contributed by atoms with E-state index in [0.29, 0.717) is 18.9 Å². The van der Waals surface area contributed by atoms with E-state index >= 15 is 0 Å². The van der Waals surface area contributed by atoms with Crippen LogP contribution < -0.4 is 9.57 Å². The summed E-state index contributed by atoms with van der Waals surface area (Å²) in [6.07, 6.45) is 2.97. The van der Waals surface area contributed by atoms with Crippen LogP contribution in [0.4, 0.5) is 4.79 Å². The SMILES string of the molecule is COc1ccc(CCN2C(=O)N(NS(=O)(=O)OC(C)=O)CC2c2ccc(C3CC3)cc2)cc1. The van der Waals surface area contributed by atoms with E-state index in [-0.39, 0.29) is 12.6 Å². The van der Waals surface area contributed by atoms with E-state index in [1.54, 1.807) is 12.0 Å². The molecule has 0 aromatic heterocycles. The molecule has 1 N–H and O–H groups in total. The Hall–Kier alpha value is -3.11. The van der Waals surface area contributed by atoms with Gasteiger partial charge in [0.05, 0.1) is 19.7 Å². The van der Waals surface area contributed by atoms with Gasteiger partial charge in [-0.25, -0.2) is 9.80 Å². The second-order valence-electron chi connectivity index (χ2n) is 8.26. The van der Waals surface area contributed by atoms with E-state index < -0.39 is 22.3 Å². The van der Waals surface area contributed by atoms with Crippen molar-refractivity contribution in [1.29, 1.82) is 0 Å². The molecule has 1 saturated carbocycles. The number of amides is 2. The van der Waals surface area contributed by atoms with Gasteiger partial charge in [0, 0.05) is 13.5 Å². The Labute approximate surface area is 193 Å². The number of nitrogens with one attached hydrogen (secondary N) is 1. The Balaban J connectivity index is 1.53. The molecule has 2 fully saturated rings. The minimum Gasteiger partial charge on any atom is -0.497 e. The van der Waals surface area contributed by atoms with Gasteiger partial charge in [0.15, 0.2) is 0 Å². The van der Waals surface area contributed by atoms with E-state index in [0.717, 1.165) is 28.8 Å². The molecule has 0 spiro atoms. The average Bonchev–Trinajstić information content (AvgIpc) is 3.58. The number of rotatable bonds is 9. The fourth-order valence-electron chi connectivity index (χ4n) is 4.01. The lowest BCUT2D eigenvalue weighted by molar-refractivity contribution is -0.131. The van der Waals surface area contributed by atoms with E-state index in [1.165, 1.54) is 18.4 Å². The van der Waals surface area contributed by atoms with Crippen LogP contribution in [0, 0.1) is 0 Å². The van der Waals surface area contributed by atoms with Crippen molar-refractivity contribution in [1.82, 2.24) is 14.7 Å². The number of carbonyl (C=O) groups is 2. The molecule has 2 aromatic rings. The molecule has 1 heterocycles. The number of carbonyl (C=O) groups excluding carboxylic acids is 2. The number of benzene rings is 2. The molecule has 2 aliphatic rings. The number of hydrazine groups is 1. The molecule has 0 radical (unpaired) electrons. The van der Waals surface area contributed by atoms with Gasteiger partial charge in [-0.15, -0.1) is 0 Å². The van der Waals surface area contributed by atoms with Crippen molar-refractivity contribution in [2.75, 3.05) is 20.2 Å². The zero-order valence-electron chi connectivity index (χ0n) is 18.6. The molecule has 1 atom stereocenters. The van der Waals surface area contributed by atoms with Crippen LogP contribution in [0.15, 0.2) is 48.5 Å². The fourth-order valence-corrected chi connectivity index (χ4v) is 4.78. The molecule has 1 aliphatic carbocycles. The molecule has 0 bridgehead atoms. The largest absolute Gasteiger partial charge is 0.497 e. The van der Waals surface area contributed by atoms with Crippen molar-refractivity contribution in [3.8, 4) is 5.75 Å². The molecule has 9 nitrogen and oxygen atoms in total. The molecular weight excluding hydrogens is 446 g/mol. The number of urea groups is 1. The molecule has 33 heavy (non-hydrogen) atoms. The van der Waals surface area contributed by atoms with Gasteiger partial charge in [-0.2, -0.15) is 8.42 Å². The standard InChI is InChI=1S/C23H27N3O6S/c1-16(27)32-33(29,30)24-26-15-22(20-9-7-19(8-10-20)18-5-6-18)25(23(26)28)14-13-17-3-11-21(31-2)12-4-17/h3-4,7-12,18,22,24H,5-6,13-15H2,1-2H3. The zero-order valence-corrected chi connectivity index (χ0v) is 19.4. The number of hydrogen-bond acceptors (Lipinski definition) is 6. The van der Waals surface area contributed by atoms with Gasteiger partial charge in [-0.1, -0.05) is 41.2 Å². The number of methoxy groups -OCH3 is 1. The van der Waals surface area contributed by atoms with Crippen molar-refractivity contribution in [3.05, 3.63) is 65.2 Å². The van der Waals surface area contributed by atoms with Crippen LogP contribution in [-0.4, -0.2) is 50.5 Å². The number of nitrogens with zero attached hydrogens (tertiary/aromatic N) is 2. The Bertz CT molecular complexity index is 1110. The summed E-state index contributed by atoms with van der Waals surface area (Å²) in [4.78, 5) is 27.9. The lowest BCUT2D eigenvalue weighted by Crippen LogP contribution is -2.46. The maximum Gasteiger partial charge on any atom is 0.402 e. The Morgan fingerprint density at radius 2 is 1.70 bits per heavy atom. The van der Waals surface area contributed by atoms with Gasteiger partial charge >= 0.3 is 22.3 Å². The minimum atomic E-state index is -4.45. The zero-order chi connectivity index (χ0) is 23.6. The molecule has 1 saturated heterocycles. The monoisotopic (exact) mass is 473 g/mol. The maximum atomic E-state index is 13.1. The molecule has 2 amide bonds. The first-order valence-corrected chi connectivity index (χ1v) is 12.2. The highest BCUT2D eigenvalue weighted by Gasteiger charge is 2.40. The highest BCUT2D eigenvalue weighted by molar-refractivity contribution is 7.85. The van der Waals surface area contributed by atoms with E-state index in [9.17, 15) is 18.0 Å². The highest BCUT2D eigenvalue weighted by atomic mass is 32.2. The van der Waals surface area contributed by atoms with Crippen LogP contribution in [0.25, 0.3) is 0 Å². The van der Waals surface area contributed by atoms with Crippen LogP contribution in [0.1, 0.15) is 48.4 Å². The van der Waals surface area contributed by atoms with Crippen molar-refractivity contribution in [3.63, 3.8) is 0 Å². The summed E-state index contributed by atoms with van der Waals surface area (Å²) in [6, 6.07) is 14.9. The van der Waals surface area contributed by atoms with Crippen LogP contribution >= 0.6 is 0 Å². The van der Waals surface area contributed by atoms with Crippen LogP contribution in [0.3, 0.4) is 0 Å². The summed E-state index contributed by atoms with van der Waals surface area (Å²) in [7, 11) is -2.85. The predicted octanol–water partition coefficient (Wildman–Crippen LogP) is 2.91. The fraction of sp³-hybridized carbons (Fsp3) is 0.391. The second kappa shape index (κ2) is 9.40. The third-order valence-electron chi connectivity index (χ3n) is 5.83. The molecule has 1 unspecified atom stereocenters.